The fourth-order valence-corrected chi connectivity index (χ4v) is 3.77. The molecular weight excluding hydrogens is 390 g/mol. The van der Waals surface area contributed by atoms with Gasteiger partial charge in [0, 0.05) is 72.9 Å². The van der Waals surface area contributed by atoms with Gasteiger partial charge in [-0.1, -0.05) is 6.58 Å². The zero-order valence-corrected chi connectivity index (χ0v) is 18.0. The van der Waals surface area contributed by atoms with Crippen molar-refractivity contribution in [2.75, 3.05) is 13.7 Å². The van der Waals surface area contributed by atoms with Crippen LogP contribution in [0.15, 0.2) is 65.6 Å². The Morgan fingerprint density at radius 1 is 1.19 bits per heavy atom. The van der Waals surface area contributed by atoms with Crippen LogP contribution in [0.2, 0.25) is 0 Å². The van der Waals surface area contributed by atoms with E-state index in [1.165, 1.54) is 12.3 Å². The number of hydrogen-bond donors (Lipinski definition) is 1. The molecule has 0 amide bonds. The van der Waals surface area contributed by atoms with Gasteiger partial charge in [-0.05, 0) is 42.7 Å². The topological polar surface area (TPSA) is 84.0 Å². The first-order valence-corrected chi connectivity index (χ1v) is 10.1. The molecule has 0 aliphatic carbocycles. The number of H-pyrrole nitrogens is 1. The van der Waals surface area contributed by atoms with E-state index in [9.17, 15) is 4.79 Å². The van der Waals surface area contributed by atoms with Gasteiger partial charge in [0.1, 0.15) is 11.6 Å². The molecule has 3 aromatic rings. The van der Waals surface area contributed by atoms with Crippen molar-refractivity contribution in [2.24, 2.45) is 0 Å². The summed E-state index contributed by atoms with van der Waals surface area (Å²) in [6.07, 6.45) is 7.75. The Morgan fingerprint density at radius 3 is 2.81 bits per heavy atom. The van der Waals surface area contributed by atoms with E-state index >= 15 is 0 Å². The molecule has 4 rings (SSSR count). The molecular formula is C24H25N5O2. The molecule has 0 unspecified atom stereocenters. The van der Waals surface area contributed by atoms with Crippen LogP contribution in [0.3, 0.4) is 0 Å². The highest BCUT2D eigenvalue weighted by Crippen LogP contribution is 2.32. The molecule has 7 heteroatoms. The molecule has 0 atom stereocenters. The molecule has 0 aromatic carbocycles. The van der Waals surface area contributed by atoms with Crippen molar-refractivity contribution in [3.63, 3.8) is 0 Å². The number of allylic oxidation sites excluding steroid dienone is 2. The minimum absolute atomic E-state index is 0.168. The third-order valence-corrected chi connectivity index (χ3v) is 5.76. The Morgan fingerprint density at radius 2 is 2.03 bits per heavy atom. The molecule has 0 spiro atoms. The van der Waals surface area contributed by atoms with E-state index in [0.29, 0.717) is 12.4 Å². The first kappa shape index (κ1) is 20.5. The van der Waals surface area contributed by atoms with E-state index in [-0.39, 0.29) is 5.56 Å². The fraction of sp³-hybridized carbons (Fsp3) is 0.250. The van der Waals surface area contributed by atoms with Crippen molar-refractivity contribution in [1.29, 1.82) is 0 Å². The summed E-state index contributed by atoms with van der Waals surface area (Å²) >= 11 is 0. The largest absolute Gasteiger partial charge is 0.496 e. The highest BCUT2D eigenvalue weighted by molar-refractivity contribution is 5.69. The van der Waals surface area contributed by atoms with Crippen molar-refractivity contribution in [1.82, 2.24) is 24.8 Å². The monoisotopic (exact) mass is 415 g/mol. The van der Waals surface area contributed by atoms with Crippen LogP contribution in [0.1, 0.15) is 30.9 Å². The average molecular weight is 415 g/mol. The Balaban J connectivity index is 1.61. The van der Waals surface area contributed by atoms with Crippen LogP contribution in [-0.2, 0) is 13.0 Å². The Hall–Kier alpha value is -3.74. The third-order valence-electron chi connectivity index (χ3n) is 5.76. The van der Waals surface area contributed by atoms with Crippen LogP contribution in [-0.4, -0.2) is 38.5 Å². The van der Waals surface area contributed by atoms with Gasteiger partial charge < -0.3 is 14.6 Å². The molecule has 4 heterocycles. The van der Waals surface area contributed by atoms with E-state index in [0.717, 1.165) is 57.9 Å². The molecule has 1 aliphatic heterocycles. The zero-order valence-electron chi connectivity index (χ0n) is 18.0. The average Bonchev–Trinajstić information content (AvgIpc) is 2.81. The predicted octanol–water partition coefficient (Wildman–Crippen LogP) is 3.60. The summed E-state index contributed by atoms with van der Waals surface area (Å²) in [6, 6.07) is 5.41. The highest BCUT2D eigenvalue weighted by Gasteiger charge is 2.21. The van der Waals surface area contributed by atoms with E-state index in [2.05, 4.69) is 32.5 Å². The first-order valence-electron chi connectivity index (χ1n) is 10.1. The quantitative estimate of drug-likeness (QED) is 0.641. The second kappa shape index (κ2) is 8.55. The van der Waals surface area contributed by atoms with Crippen molar-refractivity contribution in [2.45, 2.75) is 26.8 Å². The normalized spacial score (nSPS) is 14.0. The number of hydrogen-bond acceptors (Lipinski definition) is 6. The van der Waals surface area contributed by atoms with Crippen molar-refractivity contribution in [3.8, 4) is 16.9 Å². The SMILES string of the molecule is C=C(/C(C)=C(/C)c1nccc(=O)[nH]1)N1CCc2ncc(-c3cnccc3OC)cc2C1. The summed E-state index contributed by atoms with van der Waals surface area (Å²) in [7, 11) is 1.66. The van der Waals surface area contributed by atoms with E-state index in [1.807, 2.05) is 26.1 Å². The molecule has 31 heavy (non-hydrogen) atoms. The Bertz CT molecular complexity index is 1230. The van der Waals surface area contributed by atoms with E-state index in [4.69, 9.17) is 9.72 Å². The second-order valence-electron chi connectivity index (χ2n) is 7.56. The van der Waals surface area contributed by atoms with Gasteiger partial charge in [0.2, 0.25) is 0 Å². The summed E-state index contributed by atoms with van der Waals surface area (Å²) in [4.78, 5) is 29.9. The lowest BCUT2D eigenvalue weighted by atomic mass is 9.99. The maximum atomic E-state index is 11.6. The van der Waals surface area contributed by atoms with Crippen LogP contribution in [0.5, 0.6) is 5.75 Å². The minimum atomic E-state index is -0.168. The number of nitrogens with one attached hydrogen (secondary N) is 1. The van der Waals surface area contributed by atoms with Gasteiger partial charge in [-0.3, -0.25) is 14.8 Å². The number of rotatable bonds is 5. The van der Waals surface area contributed by atoms with Crippen LogP contribution >= 0.6 is 0 Å². The summed E-state index contributed by atoms with van der Waals surface area (Å²) < 4.78 is 5.48. The van der Waals surface area contributed by atoms with Crippen LogP contribution < -0.4 is 10.3 Å². The molecule has 0 bridgehead atoms. The van der Waals surface area contributed by atoms with Gasteiger partial charge in [-0.2, -0.15) is 0 Å². The maximum absolute atomic E-state index is 11.6. The lowest BCUT2D eigenvalue weighted by Crippen LogP contribution is -2.30. The summed E-state index contributed by atoms with van der Waals surface area (Å²) in [5.74, 6) is 1.34. The Labute approximate surface area is 181 Å². The number of aromatic amines is 1. The predicted molar refractivity (Wildman–Crippen MR) is 120 cm³/mol. The zero-order chi connectivity index (χ0) is 22.0. The van der Waals surface area contributed by atoms with Gasteiger partial charge in [0.25, 0.3) is 5.56 Å². The lowest BCUT2D eigenvalue weighted by Gasteiger charge is -2.32. The van der Waals surface area contributed by atoms with Crippen LogP contribution in [0.4, 0.5) is 0 Å². The van der Waals surface area contributed by atoms with Gasteiger partial charge >= 0.3 is 0 Å². The van der Waals surface area contributed by atoms with Gasteiger partial charge in [0.05, 0.1) is 7.11 Å². The van der Waals surface area contributed by atoms with Crippen molar-refractivity contribution in [3.05, 3.63) is 88.3 Å². The van der Waals surface area contributed by atoms with Crippen LogP contribution in [0, 0.1) is 0 Å². The number of pyridine rings is 2. The number of aromatic nitrogens is 4. The first-order chi connectivity index (χ1) is 15.0. The van der Waals surface area contributed by atoms with Crippen molar-refractivity contribution >= 4 is 5.57 Å². The smallest absolute Gasteiger partial charge is 0.251 e. The van der Waals surface area contributed by atoms with Gasteiger partial charge in [-0.15, -0.1) is 0 Å². The van der Waals surface area contributed by atoms with Gasteiger partial charge in [-0.25, -0.2) is 4.98 Å². The minimum Gasteiger partial charge on any atom is -0.496 e. The number of ether oxygens (including phenoxy) is 1. The Kier molecular flexibility index (Phi) is 5.66. The fourth-order valence-electron chi connectivity index (χ4n) is 3.77. The standard InChI is InChI=1S/C24H25N5O2/c1-15(16(2)24-26-9-6-23(30)28-24)17(3)29-10-7-21-19(14-29)11-18(12-27-21)20-13-25-8-5-22(20)31-4/h5-6,8-9,11-13H,3,7,10,14H2,1-2,4H3,(H,26,28,30)/b16-15-. The molecule has 1 N–H and O–H groups in total. The van der Waals surface area contributed by atoms with E-state index in [1.54, 1.807) is 19.5 Å². The molecule has 0 radical (unpaired) electrons. The summed E-state index contributed by atoms with van der Waals surface area (Å²) in [5, 5.41) is 0. The second-order valence-corrected chi connectivity index (χ2v) is 7.56. The molecule has 3 aromatic heterocycles. The summed E-state index contributed by atoms with van der Waals surface area (Å²) in [5.41, 5.74) is 6.80. The number of fused-ring (bicyclic) bond motifs is 1. The van der Waals surface area contributed by atoms with Crippen LogP contribution in [0.25, 0.3) is 16.7 Å². The molecule has 0 saturated heterocycles. The maximum Gasteiger partial charge on any atom is 0.251 e. The lowest BCUT2D eigenvalue weighted by molar-refractivity contribution is 0.326. The molecule has 1 aliphatic rings. The highest BCUT2D eigenvalue weighted by atomic mass is 16.5. The third kappa shape index (κ3) is 4.12. The van der Waals surface area contributed by atoms with Crippen molar-refractivity contribution < 1.29 is 4.74 Å². The molecule has 158 valence electrons. The molecule has 7 nitrogen and oxygen atoms in total. The van der Waals surface area contributed by atoms with E-state index < -0.39 is 0 Å². The molecule has 0 fully saturated rings. The number of nitrogens with zero attached hydrogens (tertiary/aromatic N) is 4. The summed E-state index contributed by atoms with van der Waals surface area (Å²) in [6.45, 7) is 9.83. The number of methoxy groups -OCH3 is 1. The van der Waals surface area contributed by atoms with Gasteiger partial charge in [0.15, 0.2) is 0 Å². The molecule has 0 saturated carbocycles.